The first-order valence-corrected chi connectivity index (χ1v) is 6.76. The normalized spacial score (nSPS) is 9.83. The maximum Gasteiger partial charge on any atom is 0.0991 e. The van der Waals surface area contributed by atoms with Crippen LogP contribution in [0.1, 0.15) is 16.7 Å². The van der Waals surface area contributed by atoms with Crippen molar-refractivity contribution in [2.24, 2.45) is 0 Å². The second-order valence-corrected chi connectivity index (χ2v) is 5.37. The molecule has 2 nitrogen and oxygen atoms in total. The fourth-order valence-corrected chi connectivity index (χ4v) is 2.37. The molecule has 3 heteroatoms. The molecule has 0 aliphatic carbocycles. The number of nitriles is 1. The molecule has 0 fully saturated rings. The monoisotopic (exact) mass is 348 g/mol. The van der Waals surface area contributed by atoms with Crippen LogP contribution in [0.4, 0.5) is 5.69 Å². The van der Waals surface area contributed by atoms with Crippen LogP contribution in [0.15, 0.2) is 42.5 Å². The molecule has 2 aromatic rings. The number of rotatable bonds is 3. The van der Waals surface area contributed by atoms with Gasteiger partial charge >= 0.3 is 0 Å². The van der Waals surface area contributed by atoms with Crippen LogP contribution in [0.25, 0.3) is 0 Å². The fourth-order valence-electron chi connectivity index (χ4n) is 1.72. The third-order valence-corrected chi connectivity index (χ3v) is 3.43. The topological polar surface area (TPSA) is 35.8 Å². The van der Waals surface area contributed by atoms with E-state index in [1.807, 2.05) is 24.3 Å². The molecule has 0 spiro atoms. The molecule has 0 aliphatic rings. The summed E-state index contributed by atoms with van der Waals surface area (Å²) in [5.74, 6) is 0. The van der Waals surface area contributed by atoms with Gasteiger partial charge < -0.3 is 5.32 Å². The fraction of sp³-hybridized carbons (Fsp3) is 0.133. The van der Waals surface area contributed by atoms with Crippen molar-refractivity contribution in [3.8, 4) is 6.07 Å². The summed E-state index contributed by atoms with van der Waals surface area (Å²) in [5, 5.41) is 12.1. The zero-order chi connectivity index (χ0) is 13.0. The van der Waals surface area contributed by atoms with Crippen molar-refractivity contribution in [3.63, 3.8) is 0 Å². The molecular weight excluding hydrogens is 335 g/mol. The average molecular weight is 348 g/mol. The van der Waals surface area contributed by atoms with E-state index in [0.717, 1.165) is 12.2 Å². The van der Waals surface area contributed by atoms with Crippen LogP contribution in [-0.4, -0.2) is 0 Å². The SMILES string of the molecule is Cc1cc(I)ccc1NCc1ccc(C#N)cc1. The van der Waals surface area contributed by atoms with Gasteiger partial charge in [-0.05, 0) is 71.0 Å². The van der Waals surface area contributed by atoms with E-state index in [0.29, 0.717) is 5.56 Å². The zero-order valence-electron chi connectivity index (χ0n) is 10.1. The van der Waals surface area contributed by atoms with E-state index in [-0.39, 0.29) is 0 Å². The van der Waals surface area contributed by atoms with Crippen molar-refractivity contribution in [2.75, 3.05) is 5.32 Å². The van der Waals surface area contributed by atoms with Crippen molar-refractivity contribution in [1.29, 1.82) is 5.26 Å². The molecule has 0 unspecified atom stereocenters. The first-order chi connectivity index (χ1) is 8.69. The summed E-state index contributed by atoms with van der Waals surface area (Å²) in [4.78, 5) is 0. The van der Waals surface area contributed by atoms with Crippen molar-refractivity contribution in [3.05, 3.63) is 62.7 Å². The first kappa shape index (κ1) is 12.9. The lowest BCUT2D eigenvalue weighted by atomic mass is 10.1. The van der Waals surface area contributed by atoms with Crippen LogP contribution in [-0.2, 0) is 6.54 Å². The lowest BCUT2D eigenvalue weighted by Crippen LogP contribution is -2.01. The minimum atomic E-state index is 0.698. The number of halogens is 1. The maximum absolute atomic E-state index is 8.73. The summed E-state index contributed by atoms with van der Waals surface area (Å²) >= 11 is 2.31. The predicted molar refractivity (Wildman–Crippen MR) is 82.4 cm³/mol. The molecular formula is C15H13IN2. The summed E-state index contributed by atoms with van der Waals surface area (Å²) < 4.78 is 1.24. The summed E-state index contributed by atoms with van der Waals surface area (Å²) in [7, 11) is 0. The van der Waals surface area contributed by atoms with Gasteiger partial charge in [-0.25, -0.2) is 0 Å². The van der Waals surface area contributed by atoms with E-state index in [1.54, 1.807) is 0 Å². The van der Waals surface area contributed by atoms with Gasteiger partial charge in [0.15, 0.2) is 0 Å². The predicted octanol–water partition coefficient (Wildman–Crippen LogP) is 4.08. The standard InChI is InChI=1S/C15H13IN2/c1-11-8-14(16)6-7-15(11)18-10-13-4-2-12(9-17)3-5-13/h2-8,18H,10H2,1H3. The molecule has 1 N–H and O–H groups in total. The van der Waals surface area contributed by atoms with Gasteiger partial charge in [-0.3, -0.25) is 0 Å². The van der Waals surface area contributed by atoms with Crippen LogP contribution in [0, 0.1) is 21.8 Å². The summed E-state index contributed by atoms with van der Waals surface area (Å²) in [6, 6.07) is 16.1. The Labute approximate surface area is 121 Å². The van der Waals surface area contributed by atoms with Crippen molar-refractivity contribution in [1.82, 2.24) is 0 Å². The number of hydrogen-bond acceptors (Lipinski definition) is 2. The van der Waals surface area contributed by atoms with Crippen LogP contribution in [0.3, 0.4) is 0 Å². The molecule has 0 atom stereocenters. The van der Waals surface area contributed by atoms with Gasteiger partial charge in [0.25, 0.3) is 0 Å². The number of nitrogens with one attached hydrogen (secondary N) is 1. The summed E-state index contributed by atoms with van der Waals surface area (Å²) in [6.45, 7) is 2.87. The van der Waals surface area contributed by atoms with E-state index in [4.69, 9.17) is 5.26 Å². The zero-order valence-corrected chi connectivity index (χ0v) is 12.2. The van der Waals surface area contributed by atoms with Gasteiger partial charge in [0.2, 0.25) is 0 Å². The lowest BCUT2D eigenvalue weighted by molar-refractivity contribution is 1.14. The minimum Gasteiger partial charge on any atom is -0.381 e. The molecule has 18 heavy (non-hydrogen) atoms. The van der Waals surface area contributed by atoms with E-state index in [2.05, 4.69) is 59.1 Å². The molecule has 90 valence electrons. The van der Waals surface area contributed by atoms with Gasteiger partial charge in [-0.15, -0.1) is 0 Å². The number of aryl methyl sites for hydroxylation is 1. The highest BCUT2D eigenvalue weighted by Gasteiger charge is 1.99. The van der Waals surface area contributed by atoms with Crippen molar-refractivity contribution >= 4 is 28.3 Å². The maximum atomic E-state index is 8.73. The molecule has 0 saturated carbocycles. The second kappa shape index (κ2) is 5.87. The van der Waals surface area contributed by atoms with Crippen LogP contribution in [0.2, 0.25) is 0 Å². The van der Waals surface area contributed by atoms with E-state index >= 15 is 0 Å². The van der Waals surface area contributed by atoms with Crippen LogP contribution in [0.5, 0.6) is 0 Å². The highest BCUT2D eigenvalue weighted by atomic mass is 127. The van der Waals surface area contributed by atoms with Gasteiger partial charge in [0.1, 0.15) is 0 Å². The van der Waals surface area contributed by atoms with E-state index < -0.39 is 0 Å². The Morgan fingerprint density at radius 3 is 2.50 bits per heavy atom. The molecule has 0 aliphatic heterocycles. The third-order valence-electron chi connectivity index (χ3n) is 2.75. The molecule has 0 amide bonds. The summed E-state index contributed by atoms with van der Waals surface area (Å²) in [6.07, 6.45) is 0. The molecule has 0 bridgehead atoms. The first-order valence-electron chi connectivity index (χ1n) is 5.68. The number of nitrogens with zero attached hydrogens (tertiary/aromatic N) is 1. The summed E-state index contributed by atoms with van der Waals surface area (Å²) in [5.41, 5.74) is 4.27. The molecule has 0 radical (unpaired) electrons. The minimum absolute atomic E-state index is 0.698. The Morgan fingerprint density at radius 1 is 1.17 bits per heavy atom. The van der Waals surface area contributed by atoms with Gasteiger partial charge in [0.05, 0.1) is 11.6 Å². The van der Waals surface area contributed by atoms with Gasteiger partial charge in [0, 0.05) is 15.8 Å². The number of hydrogen-bond donors (Lipinski definition) is 1. The molecule has 0 heterocycles. The third kappa shape index (κ3) is 3.23. The van der Waals surface area contributed by atoms with Crippen LogP contribution < -0.4 is 5.32 Å². The van der Waals surface area contributed by atoms with E-state index in [1.165, 1.54) is 14.7 Å². The highest BCUT2D eigenvalue weighted by Crippen LogP contribution is 2.18. The molecule has 2 aromatic carbocycles. The molecule has 2 rings (SSSR count). The molecule has 0 saturated heterocycles. The Morgan fingerprint density at radius 2 is 1.89 bits per heavy atom. The van der Waals surface area contributed by atoms with Crippen molar-refractivity contribution < 1.29 is 0 Å². The van der Waals surface area contributed by atoms with Crippen molar-refractivity contribution in [2.45, 2.75) is 13.5 Å². The smallest absolute Gasteiger partial charge is 0.0991 e. The Balaban J connectivity index is 2.04. The second-order valence-electron chi connectivity index (χ2n) is 4.12. The van der Waals surface area contributed by atoms with Gasteiger partial charge in [-0.1, -0.05) is 12.1 Å². The Bertz CT molecular complexity index is 582. The highest BCUT2D eigenvalue weighted by molar-refractivity contribution is 14.1. The number of benzene rings is 2. The number of anilines is 1. The van der Waals surface area contributed by atoms with E-state index in [9.17, 15) is 0 Å². The lowest BCUT2D eigenvalue weighted by Gasteiger charge is -2.10. The largest absolute Gasteiger partial charge is 0.381 e. The van der Waals surface area contributed by atoms with Gasteiger partial charge in [-0.2, -0.15) is 5.26 Å². The van der Waals surface area contributed by atoms with Crippen LogP contribution >= 0.6 is 22.6 Å². The quantitative estimate of drug-likeness (QED) is 0.849. The Kier molecular flexibility index (Phi) is 4.21. The average Bonchev–Trinajstić information content (AvgIpc) is 2.38. The molecule has 0 aromatic heterocycles. The Hall–Kier alpha value is -1.54.